The van der Waals surface area contributed by atoms with Crippen molar-refractivity contribution in [1.29, 1.82) is 0 Å². The summed E-state index contributed by atoms with van der Waals surface area (Å²) in [6.45, 7) is 0. The summed E-state index contributed by atoms with van der Waals surface area (Å²) in [5.41, 5.74) is 1.26. The van der Waals surface area contributed by atoms with Crippen LogP contribution in [-0.2, 0) is 19.1 Å². The molecule has 0 bridgehead atoms. The van der Waals surface area contributed by atoms with Crippen LogP contribution in [0.1, 0.15) is 23.0 Å². The number of rotatable bonds is 7. The van der Waals surface area contributed by atoms with Crippen molar-refractivity contribution >= 4 is 11.9 Å². The van der Waals surface area contributed by atoms with Crippen molar-refractivity contribution < 1.29 is 28.5 Å². The average Bonchev–Trinajstić information content (AvgIpc) is 2.71. The maximum Gasteiger partial charge on any atom is 0.314 e. The molecule has 0 aromatic heterocycles. The predicted molar refractivity (Wildman–Crippen MR) is 95.5 cm³/mol. The molecule has 0 fully saturated rings. The Morgan fingerprint density at radius 1 is 0.615 bits per heavy atom. The first-order valence-corrected chi connectivity index (χ1v) is 7.99. The second kappa shape index (κ2) is 8.89. The number of carbonyl (C=O) groups excluding carboxylic acids is 2. The highest BCUT2D eigenvalue weighted by Gasteiger charge is 2.38. The third kappa shape index (κ3) is 4.14. The van der Waals surface area contributed by atoms with Gasteiger partial charge >= 0.3 is 11.9 Å². The highest BCUT2D eigenvalue weighted by Crippen LogP contribution is 2.36. The predicted octanol–water partition coefficient (Wildman–Crippen LogP) is 2.92. The van der Waals surface area contributed by atoms with Crippen LogP contribution in [0.25, 0.3) is 0 Å². The third-order valence-corrected chi connectivity index (χ3v) is 4.19. The Labute approximate surface area is 152 Å². The topological polar surface area (TPSA) is 71.1 Å². The zero-order valence-corrected chi connectivity index (χ0v) is 15.2. The molecule has 0 aliphatic heterocycles. The summed E-state index contributed by atoms with van der Waals surface area (Å²) in [5, 5.41) is 0. The fourth-order valence-corrected chi connectivity index (χ4v) is 2.81. The molecule has 2 rings (SSSR count). The van der Waals surface area contributed by atoms with Crippen molar-refractivity contribution in [3.05, 3.63) is 59.7 Å². The molecule has 2 aromatic carbocycles. The van der Waals surface area contributed by atoms with Gasteiger partial charge < -0.3 is 18.9 Å². The van der Waals surface area contributed by atoms with Crippen LogP contribution in [0.3, 0.4) is 0 Å². The van der Waals surface area contributed by atoms with E-state index in [1.54, 1.807) is 62.8 Å². The van der Waals surface area contributed by atoms with E-state index in [2.05, 4.69) is 0 Å². The van der Waals surface area contributed by atoms with Gasteiger partial charge in [0.25, 0.3) is 0 Å². The minimum absolute atomic E-state index is 0.526. The molecular formula is C20H22O6. The van der Waals surface area contributed by atoms with Gasteiger partial charge in [0, 0.05) is 0 Å². The highest BCUT2D eigenvalue weighted by atomic mass is 16.5. The van der Waals surface area contributed by atoms with Crippen molar-refractivity contribution in [2.24, 2.45) is 0 Å². The van der Waals surface area contributed by atoms with E-state index in [1.165, 1.54) is 14.2 Å². The standard InChI is InChI=1S/C20H22O6/c1-23-15-9-5-13(6-10-15)17(19(21)25-3)18(20(22)26-4)14-7-11-16(24-2)12-8-14/h5-12,17-18H,1-4H3. The first-order chi connectivity index (χ1) is 12.5. The molecule has 0 saturated carbocycles. The van der Waals surface area contributed by atoms with Crippen LogP contribution < -0.4 is 9.47 Å². The van der Waals surface area contributed by atoms with Gasteiger partial charge in [0.1, 0.15) is 11.5 Å². The van der Waals surface area contributed by atoms with Crippen molar-refractivity contribution in [3.8, 4) is 11.5 Å². The Morgan fingerprint density at radius 2 is 0.923 bits per heavy atom. The van der Waals surface area contributed by atoms with Crippen LogP contribution in [0.5, 0.6) is 11.5 Å². The molecule has 0 aliphatic carbocycles. The summed E-state index contributed by atoms with van der Waals surface area (Å²) in [5.74, 6) is -1.46. The van der Waals surface area contributed by atoms with Gasteiger partial charge in [0.05, 0.1) is 40.3 Å². The number of benzene rings is 2. The number of hydrogen-bond acceptors (Lipinski definition) is 6. The van der Waals surface area contributed by atoms with Gasteiger partial charge in [-0.25, -0.2) is 0 Å². The van der Waals surface area contributed by atoms with Gasteiger partial charge in [-0.3, -0.25) is 9.59 Å². The number of ether oxygens (including phenoxy) is 4. The molecule has 0 heterocycles. The third-order valence-electron chi connectivity index (χ3n) is 4.19. The van der Waals surface area contributed by atoms with Crippen LogP contribution >= 0.6 is 0 Å². The van der Waals surface area contributed by atoms with Gasteiger partial charge in [-0.1, -0.05) is 24.3 Å². The molecule has 138 valence electrons. The van der Waals surface area contributed by atoms with E-state index < -0.39 is 23.8 Å². The SMILES string of the molecule is COC(=O)C(c1ccc(OC)cc1)C(C(=O)OC)c1ccc(OC)cc1. The minimum Gasteiger partial charge on any atom is -0.497 e. The summed E-state index contributed by atoms with van der Waals surface area (Å²) in [6, 6.07) is 13.9. The lowest BCUT2D eigenvalue weighted by atomic mass is 9.81. The van der Waals surface area contributed by atoms with Gasteiger partial charge in [0.2, 0.25) is 0 Å². The zero-order valence-electron chi connectivity index (χ0n) is 15.2. The van der Waals surface area contributed by atoms with Crippen LogP contribution in [0, 0.1) is 0 Å². The molecule has 0 saturated heterocycles. The highest BCUT2D eigenvalue weighted by molar-refractivity contribution is 5.90. The lowest BCUT2D eigenvalue weighted by Crippen LogP contribution is -2.28. The molecule has 0 amide bonds. The Hall–Kier alpha value is -3.02. The lowest BCUT2D eigenvalue weighted by molar-refractivity contribution is -0.150. The molecule has 2 unspecified atom stereocenters. The normalized spacial score (nSPS) is 12.6. The molecule has 0 spiro atoms. The monoisotopic (exact) mass is 358 g/mol. The molecule has 0 N–H and O–H groups in total. The lowest BCUT2D eigenvalue weighted by Gasteiger charge is -2.24. The molecular weight excluding hydrogens is 336 g/mol. The fourth-order valence-electron chi connectivity index (χ4n) is 2.81. The Balaban J connectivity index is 2.53. The molecule has 6 nitrogen and oxygen atoms in total. The number of carbonyl (C=O) groups is 2. The smallest absolute Gasteiger partial charge is 0.314 e. The zero-order chi connectivity index (χ0) is 19.1. The molecule has 0 radical (unpaired) electrons. The fraction of sp³-hybridized carbons (Fsp3) is 0.300. The van der Waals surface area contributed by atoms with Gasteiger partial charge in [-0.2, -0.15) is 0 Å². The van der Waals surface area contributed by atoms with Gasteiger partial charge in [-0.15, -0.1) is 0 Å². The summed E-state index contributed by atoms with van der Waals surface area (Å²) in [4.78, 5) is 25.1. The second-order valence-electron chi connectivity index (χ2n) is 5.55. The Morgan fingerprint density at radius 3 is 1.15 bits per heavy atom. The van der Waals surface area contributed by atoms with E-state index in [-0.39, 0.29) is 0 Å². The van der Waals surface area contributed by atoms with Crippen LogP contribution in [0.15, 0.2) is 48.5 Å². The maximum atomic E-state index is 12.5. The Kier molecular flexibility index (Phi) is 6.60. The molecule has 0 aliphatic rings. The molecule has 2 aromatic rings. The maximum absolute atomic E-state index is 12.5. The largest absolute Gasteiger partial charge is 0.497 e. The van der Waals surface area contributed by atoms with Crippen molar-refractivity contribution in [2.45, 2.75) is 11.8 Å². The molecule has 6 heteroatoms. The van der Waals surface area contributed by atoms with Crippen LogP contribution in [0.4, 0.5) is 0 Å². The summed E-state index contributed by atoms with van der Waals surface area (Å²) in [7, 11) is 5.70. The van der Waals surface area contributed by atoms with Crippen LogP contribution in [0.2, 0.25) is 0 Å². The average molecular weight is 358 g/mol. The summed E-state index contributed by atoms with van der Waals surface area (Å²) < 4.78 is 20.2. The Bertz CT molecular complexity index is 670. The summed E-state index contributed by atoms with van der Waals surface area (Å²) >= 11 is 0. The quantitative estimate of drug-likeness (QED) is 0.709. The number of hydrogen-bond donors (Lipinski definition) is 0. The van der Waals surface area contributed by atoms with E-state index in [1.807, 2.05) is 0 Å². The number of esters is 2. The van der Waals surface area contributed by atoms with Crippen LogP contribution in [-0.4, -0.2) is 40.4 Å². The van der Waals surface area contributed by atoms with E-state index in [9.17, 15) is 9.59 Å². The summed E-state index contributed by atoms with van der Waals surface area (Å²) in [6.07, 6.45) is 0. The minimum atomic E-state index is -0.855. The first-order valence-electron chi connectivity index (χ1n) is 7.99. The van der Waals surface area contributed by atoms with E-state index in [0.717, 1.165) is 0 Å². The van der Waals surface area contributed by atoms with Gasteiger partial charge in [-0.05, 0) is 35.4 Å². The van der Waals surface area contributed by atoms with E-state index in [0.29, 0.717) is 22.6 Å². The number of methoxy groups -OCH3 is 4. The van der Waals surface area contributed by atoms with E-state index >= 15 is 0 Å². The van der Waals surface area contributed by atoms with Crippen molar-refractivity contribution in [3.63, 3.8) is 0 Å². The molecule has 26 heavy (non-hydrogen) atoms. The second-order valence-corrected chi connectivity index (χ2v) is 5.55. The van der Waals surface area contributed by atoms with Gasteiger partial charge in [0.15, 0.2) is 0 Å². The van der Waals surface area contributed by atoms with E-state index in [4.69, 9.17) is 18.9 Å². The first kappa shape index (κ1) is 19.3. The van der Waals surface area contributed by atoms with Crippen molar-refractivity contribution in [2.75, 3.05) is 28.4 Å². The molecule has 2 atom stereocenters. The van der Waals surface area contributed by atoms with Crippen molar-refractivity contribution in [1.82, 2.24) is 0 Å².